The molecule has 1 fully saturated rings. The van der Waals surface area contributed by atoms with Crippen LogP contribution in [0.5, 0.6) is 5.88 Å². The fourth-order valence-corrected chi connectivity index (χ4v) is 2.96. The van der Waals surface area contributed by atoms with Gasteiger partial charge in [0.1, 0.15) is 0 Å². The van der Waals surface area contributed by atoms with E-state index in [2.05, 4.69) is 46.3 Å². The van der Waals surface area contributed by atoms with Gasteiger partial charge in [-0.25, -0.2) is 9.98 Å². The van der Waals surface area contributed by atoms with Gasteiger partial charge in [0.25, 0.3) is 0 Å². The number of nitrogens with zero attached hydrogens (tertiary/aromatic N) is 3. The van der Waals surface area contributed by atoms with Crippen LogP contribution in [-0.4, -0.2) is 68.4 Å². The molecule has 2 N–H and O–H groups in total. The largest absolute Gasteiger partial charge is 0.481 e. The van der Waals surface area contributed by atoms with Gasteiger partial charge in [-0.2, -0.15) is 0 Å². The smallest absolute Gasteiger partial charge is 0.213 e. The molecule has 0 spiro atoms. The summed E-state index contributed by atoms with van der Waals surface area (Å²) in [5.74, 6) is 2.06. The maximum atomic E-state index is 5.90. The number of methoxy groups -OCH3 is 1. The van der Waals surface area contributed by atoms with Gasteiger partial charge < -0.3 is 20.1 Å². The molecule has 0 aromatic carbocycles. The minimum atomic E-state index is 0. The predicted molar refractivity (Wildman–Crippen MR) is 120 cm³/mol. The zero-order valence-electron chi connectivity index (χ0n) is 16.9. The lowest BCUT2D eigenvalue weighted by Gasteiger charge is -2.34. The van der Waals surface area contributed by atoms with E-state index in [1.165, 1.54) is 0 Å². The van der Waals surface area contributed by atoms with Gasteiger partial charge in [0.05, 0.1) is 32.1 Å². The van der Waals surface area contributed by atoms with Crippen LogP contribution in [0.3, 0.4) is 0 Å². The monoisotopic (exact) mass is 491 g/mol. The summed E-state index contributed by atoms with van der Waals surface area (Å²) in [5, 5.41) is 6.67. The highest BCUT2D eigenvalue weighted by atomic mass is 127. The summed E-state index contributed by atoms with van der Waals surface area (Å²) in [5.41, 5.74) is 0.874. The normalized spacial score (nSPS) is 18.1. The van der Waals surface area contributed by atoms with Gasteiger partial charge in [-0.3, -0.25) is 4.90 Å². The van der Waals surface area contributed by atoms with Crippen LogP contribution in [0.4, 0.5) is 0 Å². The molecule has 8 heteroatoms. The van der Waals surface area contributed by atoms with E-state index in [9.17, 15) is 0 Å². The third kappa shape index (κ3) is 9.07. The fraction of sp³-hybridized carbons (Fsp3) is 0.684. The van der Waals surface area contributed by atoms with Gasteiger partial charge >= 0.3 is 0 Å². The van der Waals surface area contributed by atoms with Crippen LogP contribution < -0.4 is 15.4 Å². The van der Waals surface area contributed by atoms with Gasteiger partial charge in [0.15, 0.2) is 5.96 Å². The number of halogens is 1. The lowest BCUT2D eigenvalue weighted by Crippen LogP contribution is -2.50. The molecule has 1 aliphatic rings. The van der Waals surface area contributed by atoms with Crippen molar-refractivity contribution < 1.29 is 9.47 Å². The van der Waals surface area contributed by atoms with Crippen molar-refractivity contribution in [1.82, 2.24) is 20.5 Å². The summed E-state index contributed by atoms with van der Waals surface area (Å²) in [6.07, 6.45) is 0.182. The summed E-state index contributed by atoms with van der Waals surface area (Å²) < 4.78 is 11.1. The predicted octanol–water partition coefficient (Wildman–Crippen LogP) is 2.12. The molecule has 1 aromatic rings. The Hall–Kier alpha value is -1.13. The van der Waals surface area contributed by atoms with Crippen molar-refractivity contribution in [2.75, 3.05) is 46.4 Å². The number of pyridine rings is 1. The lowest BCUT2D eigenvalue weighted by atomic mass is 10.2. The molecule has 0 amide bonds. The quantitative estimate of drug-likeness (QED) is 0.330. The highest BCUT2D eigenvalue weighted by Gasteiger charge is 2.21. The summed E-state index contributed by atoms with van der Waals surface area (Å²) in [4.78, 5) is 11.5. The first-order chi connectivity index (χ1) is 12.6. The number of rotatable bonds is 8. The van der Waals surface area contributed by atoms with E-state index in [1.54, 1.807) is 7.11 Å². The first-order valence-corrected chi connectivity index (χ1v) is 9.46. The third-order valence-electron chi connectivity index (χ3n) is 4.08. The number of aromatic nitrogens is 1. The molecule has 2 rings (SSSR count). The fourth-order valence-electron chi connectivity index (χ4n) is 2.96. The SMILES string of the molecule is CCNC(=NCc1cccc(OC)n1)NCC1CN(CC(C)C)CCO1.I. The number of morpholine rings is 1. The summed E-state index contributed by atoms with van der Waals surface area (Å²) in [6, 6.07) is 5.71. The first-order valence-electron chi connectivity index (χ1n) is 9.46. The number of guanidine groups is 1. The van der Waals surface area contributed by atoms with Crippen LogP contribution in [0, 0.1) is 5.92 Å². The maximum Gasteiger partial charge on any atom is 0.213 e. The zero-order chi connectivity index (χ0) is 18.8. The van der Waals surface area contributed by atoms with E-state index in [-0.39, 0.29) is 30.1 Å². The topological polar surface area (TPSA) is 71.0 Å². The molecule has 1 unspecified atom stereocenters. The van der Waals surface area contributed by atoms with Gasteiger partial charge in [-0.15, -0.1) is 24.0 Å². The Bertz CT molecular complexity index is 571. The Morgan fingerprint density at radius 3 is 2.93 bits per heavy atom. The van der Waals surface area contributed by atoms with Crippen molar-refractivity contribution in [2.45, 2.75) is 33.4 Å². The molecule has 1 atom stereocenters. The minimum absolute atomic E-state index is 0. The van der Waals surface area contributed by atoms with Crippen LogP contribution in [0.15, 0.2) is 23.2 Å². The molecule has 7 nitrogen and oxygen atoms in total. The molecule has 1 saturated heterocycles. The Balaban J connectivity index is 0.00000364. The van der Waals surface area contributed by atoms with Crippen LogP contribution in [0.25, 0.3) is 0 Å². The van der Waals surface area contributed by atoms with Crippen LogP contribution >= 0.6 is 24.0 Å². The van der Waals surface area contributed by atoms with E-state index >= 15 is 0 Å². The average Bonchev–Trinajstić information content (AvgIpc) is 2.64. The maximum absolute atomic E-state index is 5.90. The Morgan fingerprint density at radius 1 is 1.41 bits per heavy atom. The van der Waals surface area contributed by atoms with Crippen LogP contribution in [0.2, 0.25) is 0 Å². The van der Waals surface area contributed by atoms with Crippen molar-refractivity contribution in [1.29, 1.82) is 0 Å². The van der Waals surface area contributed by atoms with Crippen molar-refractivity contribution in [2.24, 2.45) is 10.9 Å². The minimum Gasteiger partial charge on any atom is -0.481 e. The van der Waals surface area contributed by atoms with Gasteiger partial charge in [0.2, 0.25) is 5.88 Å². The molecule has 0 bridgehead atoms. The van der Waals surface area contributed by atoms with E-state index in [0.717, 1.165) is 51.0 Å². The molecule has 2 heterocycles. The first kappa shape index (κ1) is 23.9. The highest BCUT2D eigenvalue weighted by molar-refractivity contribution is 14.0. The van der Waals surface area contributed by atoms with Gasteiger partial charge in [0, 0.05) is 38.8 Å². The van der Waals surface area contributed by atoms with Crippen molar-refractivity contribution >= 4 is 29.9 Å². The highest BCUT2D eigenvalue weighted by Crippen LogP contribution is 2.08. The molecular formula is C19H34IN5O2. The molecule has 27 heavy (non-hydrogen) atoms. The molecule has 0 saturated carbocycles. The number of ether oxygens (including phenoxy) is 2. The van der Waals surface area contributed by atoms with E-state index in [0.29, 0.717) is 18.3 Å². The molecule has 0 radical (unpaired) electrons. The van der Waals surface area contributed by atoms with E-state index < -0.39 is 0 Å². The Labute approximate surface area is 180 Å². The lowest BCUT2D eigenvalue weighted by molar-refractivity contribution is -0.0284. The zero-order valence-corrected chi connectivity index (χ0v) is 19.2. The summed E-state index contributed by atoms with van der Waals surface area (Å²) >= 11 is 0. The Morgan fingerprint density at radius 2 is 2.22 bits per heavy atom. The standard InChI is InChI=1S/C19H33N5O2.HI/c1-5-20-19(21-11-16-7-6-8-18(23-16)25-4)22-12-17-14-24(9-10-26-17)13-15(2)3;/h6-8,15,17H,5,9-14H2,1-4H3,(H2,20,21,22);1H. The second-order valence-corrected chi connectivity index (χ2v) is 6.89. The number of hydrogen-bond donors (Lipinski definition) is 2. The number of hydrogen-bond acceptors (Lipinski definition) is 5. The molecular weight excluding hydrogens is 457 g/mol. The van der Waals surface area contributed by atoms with Crippen molar-refractivity contribution in [3.63, 3.8) is 0 Å². The third-order valence-corrected chi connectivity index (χ3v) is 4.08. The van der Waals surface area contributed by atoms with E-state index in [4.69, 9.17) is 9.47 Å². The van der Waals surface area contributed by atoms with Crippen molar-refractivity contribution in [3.8, 4) is 5.88 Å². The molecule has 0 aliphatic carbocycles. The van der Waals surface area contributed by atoms with Crippen LogP contribution in [-0.2, 0) is 11.3 Å². The second kappa shape index (κ2) is 13.1. The molecule has 1 aromatic heterocycles. The van der Waals surface area contributed by atoms with Crippen molar-refractivity contribution in [3.05, 3.63) is 23.9 Å². The van der Waals surface area contributed by atoms with Gasteiger partial charge in [-0.1, -0.05) is 19.9 Å². The number of nitrogens with one attached hydrogen (secondary N) is 2. The van der Waals surface area contributed by atoms with Crippen LogP contribution in [0.1, 0.15) is 26.5 Å². The summed E-state index contributed by atoms with van der Waals surface area (Å²) in [7, 11) is 1.62. The summed E-state index contributed by atoms with van der Waals surface area (Å²) in [6.45, 7) is 12.5. The van der Waals surface area contributed by atoms with E-state index in [1.807, 2.05) is 18.2 Å². The molecule has 154 valence electrons. The average molecular weight is 491 g/mol. The van der Waals surface area contributed by atoms with Gasteiger partial charge in [-0.05, 0) is 18.9 Å². The molecule has 1 aliphatic heterocycles. The number of aliphatic imine (C=N–C) groups is 1. The second-order valence-electron chi connectivity index (χ2n) is 6.89. The Kier molecular flexibility index (Phi) is 11.6.